The van der Waals surface area contributed by atoms with Gasteiger partial charge in [-0.2, -0.15) is 5.10 Å². The number of hydrazone groups is 1. The average Bonchev–Trinajstić information content (AvgIpc) is 3.31. The number of fused-ring (bicyclic) bond motifs is 1. The molecule has 0 saturated carbocycles. The highest BCUT2D eigenvalue weighted by atomic mass is 35.5. The lowest BCUT2D eigenvalue weighted by atomic mass is 10.1. The Bertz CT molecular complexity index is 1290. The summed E-state index contributed by atoms with van der Waals surface area (Å²) in [5.74, 6) is 0.0724. The molecule has 0 saturated heterocycles. The van der Waals surface area contributed by atoms with Crippen LogP contribution >= 0.6 is 11.6 Å². The fraction of sp³-hybridized carbons (Fsp3) is 0.115. The van der Waals surface area contributed by atoms with Gasteiger partial charge in [0.25, 0.3) is 11.8 Å². The lowest BCUT2D eigenvalue weighted by Crippen LogP contribution is -2.32. The van der Waals surface area contributed by atoms with Crippen LogP contribution in [-0.4, -0.2) is 38.9 Å². The zero-order valence-corrected chi connectivity index (χ0v) is 19.9. The van der Waals surface area contributed by atoms with Crippen molar-refractivity contribution in [1.29, 1.82) is 0 Å². The summed E-state index contributed by atoms with van der Waals surface area (Å²) in [7, 11) is 3.88. The van der Waals surface area contributed by atoms with Crippen LogP contribution in [0.1, 0.15) is 21.5 Å². The number of hydrogen-bond donors (Lipinski definition) is 2. The lowest BCUT2D eigenvalue weighted by molar-refractivity contribution is -0.117. The number of nitrogens with zero attached hydrogens (tertiary/aromatic N) is 2. The number of carbonyl (C=O) groups is 2. The van der Waals surface area contributed by atoms with E-state index < -0.39 is 11.8 Å². The van der Waals surface area contributed by atoms with Gasteiger partial charge in [-0.25, -0.2) is 5.43 Å². The Morgan fingerprint density at radius 2 is 1.69 bits per heavy atom. The van der Waals surface area contributed by atoms with Gasteiger partial charge >= 0.3 is 0 Å². The SMILES string of the molecule is CN(C)c1ccc(/C=C(\NC(=O)c2ccccc2)C(=O)N/N=C\c2cc3c(cc2Cl)OCO3)cc1. The molecule has 2 N–H and O–H groups in total. The van der Waals surface area contributed by atoms with Crippen molar-refractivity contribution in [2.45, 2.75) is 0 Å². The number of amides is 2. The van der Waals surface area contributed by atoms with Gasteiger partial charge in [0.05, 0.1) is 11.2 Å². The van der Waals surface area contributed by atoms with E-state index in [4.69, 9.17) is 21.1 Å². The molecule has 4 rings (SSSR count). The number of anilines is 1. The number of carbonyl (C=O) groups excluding carboxylic acids is 2. The highest BCUT2D eigenvalue weighted by Crippen LogP contribution is 2.36. The number of halogens is 1. The Hall–Kier alpha value is -4.30. The third-order valence-electron chi connectivity index (χ3n) is 5.11. The predicted molar refractivity (Wildman–Crippen MR) is 136 cm³/mol. The summed E-state index contributed by atoms with van der Waals surface area (Å²) >= 11 is 6.25. The van der Waals surface area contributed by atoms with Crippen molar-refractivity contribution < 1.29 is 19.1 Å². The molecule has 1 aliphatic rings. The Morgan fingerprint density at radius 3 is 2.37 bits per heavy atom. The van der Waals surface area contributed by atoms with Gasteiger partial charge in [-0.05, 0) is 42.0 Å². The van der Waals surface area contributed by atoms with E-state index in [2.05, 4.69) is 15.8 Å². The van der Waals surface area contributed by atoms with Gasteiger partial charge in [-0.15, -0.1) is 0 Å². The summed E-state index contributed by atoms with van der Waals surface area (Å²) < 4.78 is 10.6. The second-order valence-electron chi connectivity index (χ2n) is 7.79. The molecular formula is C26H23ClN4O4. The largest absolute Gasteiger partial charge is 0.454 e. The van der Waals surface area contributed by atoms with E-state index in [-0.39, 0.29) is 12.5 Å². The van der Waals surface area contributed by atoms with E-state index >= 15 is 0 Å². The first kappa shape index (κ1) is 23.8. The van der Waals surface area contributed by atoms with E-state index in [1.165, 1.54) is 6.21 Å². The Balaban J connectivity index is 1.54. The van der Waals surface area contributed by atoms with Crippen molar-refractivity contribution in [3.8, 4) is 11.5 Å². The van der Waals surface area contributed by atoms with Crippen molar-refractivity contribution in [3.05, 3.63) is 94.1 Å². The van der Waals surface area contributed by atoms with Crippen LogP contribution in [0.3, 0.4) is 0 Å². The molecular weight excluding hydrogens is 468 g/mol. The van der Waals surface area contributed by atoms with Gasteiger partial charge in [0.15, 0.2) is 11.5 Å². The minimum Gasteiger partial charge on any atom is -0.454 e. The monoisotopic (exact) mass is 490 g/mol. The summed E-state index contributed by atoms with van der Waals surface area (Å²) in [5, 5.41) is 7.07. The zero-order valence-electron chi connectivity index (χ0n) is 19.1. The van der Waals surface area contributed by atoms with E-state index in [0.29, 0.717) is 27.6 Å². The minimum atomic E-state index is -0.598. The molecule has 0 spiro atoms. The predicted octanol–water partition coefficient (Wildman–Crippen LogP) is 4.06. The molecule has 35 heavy (non-hydrogen) atoms. The number of ether oxygens (including phenoxy) is 2. The van der Waals surface area contributed by atoms with Crippen molar-refractivity contribution >= 4 is 41.4 Å². The fourth-order valence-corrected chi connectivity index (χ4v) is 3.43. The lowest BCUT2D eigenvalue weighted by Gasteiger charge is -2.12. The number of nitrogens with one attached hydrogen (secondary N) is 2. The second-order valence-corrected chi connectivity index (χ2v) is 8.20. The van der Waals surface area contributed by atoms with Crippen LogP contribution in [0.2, 0.25) is 5.02 Å². The summed E-state index contributed by atoms with van der Waals surface area (Å²) in [6.45, 7) is 0.119. The zero-order chi connectivity index (χ0) is 24.8. The molecule has 1 heterocycles. The number of rotatable bonds is 7. The number of benzene rings is 3. The quantitative estimate of drug-likeness (QED) is 0.296. The molecule has 1 aliphatic heterocycles. The van der Waals surface area contributed by atoms with Crippen LogP contribution in [0.25, 0.3) is 6.08 Å². The molecule has 2 amide bonds. The Kier molecular flexibility index (Phi) is 7.32. The van der Waals surface area contributed by atoms with Crippen LogP contribution in [0.5, 0.6) is 11.5 Å². The van der Waals surface area contributed by atoms with Gasteiger partial charge in [-0.1, -0.05) is 41.9 Å². The van der Waals surface area contributed by atoms with E-state index in [9.17, 15) is 9.59 Å². The summed E-state index contributed by atoms with van der Waals surface area (Å²) in [5.41, 5.74) is 5.17. The van der Waals surface area contributed by atoms with Crippen molar-refractivity contribution in [3.63, 3.8) is 0 Å². The molecule has 0 fully saturated rings. The molecule has 0 bridgehead atoms. The van der Waals surface area contributed by atoms with Crippen LogP contribution in [-0.2, 0) is 4.79 Å². The molecule has 0 unspecified atom stereocenters. The first-order valence-corrected chi connectivity index (χ1v) is 11.1. The van der Waals surface area contributed by atoms with Crippen LogP contribution in [0.15, 0.2) is 77.5 Å². The Morgan fingerprint density at radius 1 is 1.00 bits per heavy atom. The van der Waals surface area contributed by atoms with Crippen LogP contribution < -0.4 is 25.1 Å². The highest BCUT2D eigenvalue weighted by molar-refractivity contribution is 6.33. The van der Waals surface area contributed by atoms with Gasteiger partial charge in [0, 0.05) is 37.0 Å². The van der Waals surface area contributed by atoms with Crippen molar-refractivity contribution in [1.82, 2.24) is 10.7 Å². The third kappa shape index (κ3) is 5.99. The minimum absolute atomic E-state index is 0.0328. The molecule has 0 radical (unpaired) electrons. The van der Waals surface area contributed by atoms with E-state index in [1.54, 1.807) is 42.5 Å². The van der Waals surface area contributed by atoms with Crippen molar-refractivity contribution in [2.75, 3.05) is 25.8 Å². The second kappa shape index (κ2) is 10.8. The third-order valence-corrected chi connectivity index (χ3v) is 5.44. The molecule has 178 valence electrons. The van der Waals surface area contributed by atoms with Gasteiger partial charge in [0.1, 0.15) is 5.70 Å². The maximum Gasteiger partial charge on any atom is 0.287 e. The summed E-state index contributed by atoms with van der Waals surface area (Å²) in [6.07, 6.45) is 2.98. The van der Waals surface area contributed by atoms with Gasteiger partial charge in [0.2, 0.25) is 6.79 Å². The number of hydrogen-bond acceptors (Lipinski definition) is 6. The Labute approximate surface area is 207 Å². The van der Waals surface area contributed by atoms with Gasteiger partial charge < -0.3 is 19.7 Å². The van der Waals surface area contributed by atoms with Crippen LogP contribution in [0.4, 0.5) is 5.69 Å². The first-order chi connectivity index (χ1) is 16.9. The molecule has 0 atom stereocenters. The summed E-state index contributed by atoms with van der Waals surface area (Å²) in [4.78, 5) is 27.6. The van der Waals surface area contributed by atoms with E-state index in [0.717, 1.165) is 11.3 Å². The average molecular weight is 491 g/mol. The fourth-order valence-electron chi connectivity index (χ4n) is 3.23. The molecule has 3 aromatic carbocycles. The molecule has 3 aromatic rings. The van der Waals surface area contributed by atoms with Gasteiger partial charge in [-0.3, -0.25) is 9.59 Å². The topological polar surface area (TPSA) is 92.3 Å². The standard InChI is InChI=1S/C26H23ClN4O4/c1-31(2)20-10-8-17(9-11-20)12-22(29-25(32)18-6-4-3-5-7-18)26(33)30-28-15-19-13-23-24(14-21(19)27)35-16-34-23/h3-15H,16H2,1-2H3,(H,29,32)(H,30,33)/b22-12-,28-15-. The highest BCUT2D eigenvalue weighted by Gasteiger charge is 2.17. The molecule has 8 nitrogen and oxygen atoms in total. The molecule has 9 heteroatoms. The maximum absolute atomic E-state index is 13.0. The summed E-state index contributed by atoms with van der Waals surface area (Å²) in [6, 6.07) is 19.5. The molecule has 0 aliphatic carbocycles. The van der Waals surface area contributed by atoms with Crippen molar-refractivity contribution in [2.24, 2.45) is 5.10 Å². The molecule has 0 aromatic heterocycles. The van der Waals surface area contributed by atoms with E-state index in [1.807, 2.05) is 49.3 Å². The smallest absolute Gasteiger partial charge is 0.287 e. The first-order valence-electron chi connectivity index (χ1n) is 10.7. The maximum atomic E-state index is 13.0. The van der Waals surface area contributed by atoms with Crippen LogP contribution in [0, 0.1) is 0 Å². The normalized spacial score (nSPS) is 12.5.